The largest absolute Gasteiger partial charge is 0.573 e. The molecule has 2 aromatic rings. The Balaban J connectivity index is 1.82. The zero-order valence-corrected chi connectivity index (χ0v) is 17.4. The molecule has 0 saturated carbocycles. The Hall–Kier alpha value is -1.69. The molecule has 1 saturated heterocycles. The average Bonchev–Trinajstić information content (AvgIpc) is 2.69. The first-order valence-corrected chi connectivity index (χ1v) is 10.5. The Bertz CT molecular complexity index is 897. The van der Waals surface area contributed by atoms with E-state index in [1.54, 1.807) is 12.1 Å². The second kappa shape index (κ2) is 9.85. The van der Waals surface area contributed by atoms with Crippen molar-refractivity contribution in [2.45, 2.75) is 41.8 Å². The highest BCUT2D eigenvalue weighted by atomic mass is 35.5. The lowest BCUT2D eigenvalue weighted by molar-refractivity contribution is -0.274. The molecule has 2 aromatic carbocycles. The van der Waals surface area contributed by atoms with Gasteiger partial charge < -0.3 is 29.9 Å². The van der Waals surface area contributed by atoms with Crippen LogP contribution in [0.2, 0.25) is 5.02 Å². The van der Waals surface area contributed by atoms with Crippen LogP contribution in [0.25, 0.3) is 0 Å². The molecule has 0 radical (unpaired) electrons. The molecule has 1 aliphatic heterocycles. The van der Waals surface area contributed by atoms with E-state index in [-0.39, 0.29) is 17.9 Å². The number of aliphatic hydroxyl groups excluding tert-OH is 4. The van der Waals surface area contributed by atoms with Crippen molar-refractivity contribution in [2.24, 2.45) is 0 Å². The summed E-state index contributed by atoms with van der Waals surface area (Å²) in [5.41, 5.74) is 0.00963. The molecular weight excluding hydrogens is 461 g/mol. The number of thioether (sulfide) groups is 1. The molecule has 11 heteroatoms. The molecule has 5 atom stereocenters. The van der Waals surface area contributed by atoms with Crippen molar-refractivity contribution in [2.75, 3.05) is 6.61 Å². The third kappa shape index (κ3) is 6.18. The van der Waals surface area contributed by atoms with Crippen molar-refractivity contribution in [1.82, 2.24) is 0 Å². The Kier molecular flexibility index (Phi) is 7.61. The molecule has 0 spiro atoms. The summed E-state index contributed by atoms with van der Waals surface area (Å²) in [7, 11) is 0. The van der Waals surface area contributed by atoms with Gasteiger partial charge in [-0.3, -0.25) is 0 Å². The molecule has 6 nitrogen and oxygen atoms in total. The van der Waals surface area contributed by atoms with E-state index in [0.717, 1.165) is 11.8 Å². The molecule has 3 rings (SSSR count). The molecule has 170 valence electrons. The number of benzene rings is 2. The standard InChI is InChI=1S/C20H20ClF3O6S/c21-12-4-5-14(29-19-18(28)17(27)16(26)15(9-25)31-19)11(8-12)6-10-2-1-3-13(7-10)30-20(22,23)24/h1-5,7-8,15-19,25-28H,6,9H2. The fourth-order valence-corrected chi connectivity index (χ4v) is 4.59. The molecule has 0 aromatic heterocycles. The van der Waals surface area contributed by atoms with Crippen LogP contribution in [0.4, 0.5) is 13.2 Å². The molecule has 0 amide bonds. The number of ether oxygens (including phenoxy) is 2. The number of alkyl halides is 3. The average molecular weight is 481 g/mol. The minimum atomic E-state index is -4.81. The van der Waals surface area contributed by atoms with Crippen molar-refractivity contribution >= 4 is 23.4 Å². The Morgan fingerprint density at radius 3 is 2.42 bits per heavy atom. The monoisotopic (exact) mass is 480 g/mol. The second-order valence-electron chi connectivity index (χ2n) is 6.94. The van der Waals surface area contributed by atoms with Crippen LogP contribution in [0.5, 0.6) is 11.5 Å². The van der Waals surface area contributed by atoms with Gasteiger partial charge in [0.1, 0.15) is 23.7 Å². The second-order valence-corrected chi connectivity index (χ2v) is 8.72. The summed E-state index contributed by atoms with van der Waals surface area (Å²) in [4.78, 5) is 0. The number of aliphatic hydroxyl groups is 4. The quantitative estimate of drug-likeness (QED) is 0.504. The number of hydrogen-bond acceptors (Lipinski definition) is 7. The lowest BCUT2D eigenvalue weighted by atomic mass is 10.0. The normalized spacial score (nSPS) is 26.5. The summed E-state index contributed by atoms with van der Waals surface area (Å²) < 4.78 is 47.3. The first-order chi connectivity index (χ1) is 14.6. The molecule has 1 aliphatic rings. The van der Waals surface area contributed by atoms with Crippen LogP contribution in [0.1, 0.15) is 11.1 Å². The van der Waals surface area contributed by atoms with Crippen LogP contribution in [0.3, 0.4) is 0 Å². The molecule has 5 unspecified atom stereocenters. The maximum Gasteiger partial charge on any atom is 0.573 e. The first-order valence-electron chi connectivity index (χ1n) is 9.17. The Labute approximate surface area is 185 Å². The van der Waals surface area contributed by atoms with Gasteiger partial charge in [0.15, 0.2) is 5.44 Å². The van der Waals surface area contributed by atoms with Gasteiger partial charge in [-0.15, -0.1) is 24.9 Å². The van der Waals surface area contributed by atoms with E-state index in [1.165, 1.54) is 30.3 Å². The minimum Gasteiger partial charge on any atom is -0.477 e. The maximum atomic E-state index is 12.5. The fraction of sp³-hybridized carbons (Fsp3) is 0.400. The highest BCUT2D eigenvalue weighted by Gasteiger charge is 2.44. The first kappa shape index (κ1) is 24.0. The Morgan fingerprint density at radius 2 is 1.74 bits per heavy atom. The maximum absolute atomic E-state index is 12.5. The van der Waals surface area contributed by atoms with Gasteiger partial charge in [0.2, 0.25) is 0 Å². The summed E-state index contributed by atoms with van der Waals surface area (Å²) in [6, 6.07) is 10.1. The molecule has 1 fully saturated rings. The highest BCUT2D eigenvalue weighted by molar-refractivity contribution is 8.00. The number of halogens is 4. The molecule has 1 heterocycles. The predicted octanol–water partition coefficient (Wildman–Crippen LogP) is 2.72. The van der Waals surface area contributed by atoms with E-state index in [0.29, 0.717) is 16.1 Å². The summed E-state index contributed by atoms with van der Waals surface area (Å²) in [6.07, 6.45) is -8.95. The highest BCUT2D eigenvalue weighted by Crippen LogP contribution is 2.36. The van der Waals surface area contributed by atoms with E-state index >= 15 is 0 Å². The van der Waals surface area contributed by atoms with E-state index in [1.807, 2.05) is 0 Å². The van der Waals surface area contributed by atoms with Crippen LogP contribution < -0.4 is 9.47 Å². The van der Waals surface area contributed by atoms with Gasteiger partial charge in [-0.05, 0) is 35.9 Å². The third-order valence-electron chi connectivity index (χ3n) is 4.64. The molecule has 4 N–H and O–H groups in total. The van der Waals surface area contributed by atoms with Gasteiger partial charge in [-0.2, -0.15) is 0 Å². The Morgan fingerprint density at radius 1 is 1.00 bits per heavy atom. The van der Waals surface area contributed by atoms with Gasteiger partial charge in [0.25, 0.3) is 0 Å². The fourth-order valence-electron chi connectivity index (χ4n) is 3.16. The van der Waals surface area contributed by atoms with E-state index < -0.39 is 42.0 Å². The molecule has 0 bridgehead atoms. The lowest BCUT2D eigenvalue weighted by Gasteiger charge is -2.39. The van der Waals surface area contributed by atoms with Gasteiger partial charge >= 0.3 is 6.36 Å². The van der Waals surface area contributed by atoms with Gasteiger partial charge in [-0.25, -0.2) is 0 Å². The summed E-state index contributed by atoms with van der Waals surface area (Å²) in [6.45, 7) is -0.436. The topological polar surface area (TPSA) is 99.4 Å². The molecule has 0 aliphatic carbocycles. The van der Waals surface area contributed by atoms with Crippen LogP contribution in [-0.4, -0.2) is 62.4 Å². The van der Waals surface area contributed by atoms with Crippen molar-refractivity contribution in [3.63, 3.8) is 0 Å². The van der Waals surface area contributed by atoms with E-state index in [4.69, 9.17) is 16.3 Å². The number of hydrogen-bond donors (Lipinski definition) is 4. The zero-order valence-electron chi connectivity index (χ0n) is 15.9. The van der Waals surface area contributed by atoms with Gasteiger partial charge in [-0.1, -0.05) is 23.7 Å². The smallest absolute Gasteiger partial charge is 0.477 e. The van der Waals surface area contributed by atoms with Crippen LogP contribution in [-0.2, 0) is 6.42 Å². The van der Waals surface area contributed by atoms with Crippen LogP contribution in [0.15, 0.2) is 42.5 Å². The SMILES string of the molecule is OCC1SC(Oc2ccc(Cl)cc2Cc2cccc(OC(F)(F)F)c2)C(O)C(O)C1O. The lowest BCUT2D eigenvalue weighted by Crippen LogP contribution is -2.55. The van der Waals surface area contributed by atoms with Crippen LogP contribution in [0, 0.1) is 0 Å². The molecule has 31 heavy (non-hydrogen) atoms. The minimum absolute atomic E-state index is 0.146. The van der Waals surface area contributed by atoms with Crippen molar-refractivity contribution in [1.29, 1.82) is 0 Å². The predicted molar refractivity (Wildman–Crippen MR) is 108 cm³/mol. The summed E-state index contributed by atoms with van der Waals surface area (Å²) in [5, 5.41) is 39.2. The summed E-state index contributed by atoms with van der Waals surface area (Å²) >= 11 is 7.04. The number of rotatable bonds is 6. The van der Waals surface area contributed by atoms with E-state index in [9.17, 15) is 33.6 Å². The molecular formula is C20H20ClF3O6S. The summed E-state index contributed by atoms with van der Waals surface area (Å²) in [5.74, 6) is -0.0842. The zero-order chi connectivity index (χ0) is 22.8. The van der Waals surface area contributed by atoms with Gasteiger partial charge in [0, 0.05) is 17.0 Å². The third-order valence-corrected chi connectivity index (χ3v) is 6.30. The van der Waals surface area contributed by atoms with Crippen molar-refractivity contribution in [3.8, 4) is 11.5 Å². The van der Waals surface area contributed by atoms with Crippen LogP contribution >= 0.6 is 23.4 Å². The van der Waals surface area contributed by atoms with Gasteiger partial charge in [0.05, 0.1) is 18.0 Å². The van der Waals surface area contributed by atoms with Crippen molar-refractivity contribution < 1.29 is 43.1 Å². The van der Waals surface area contributed by atoms with E-state index in [2.05, 4.69) is 4.74 Å². The van der Waals surface area contributed by atoms with Crippen molar-refractivity contribution in [3.05, 3.63) is 58.6 Å².